The fraction of sp³-hybridized carbons (Fsp3) is 0.176. The normalized spacial score (nSPS) is 11.6. The van der Waals surface area contributed by atoms with Gasteiger partial charge in [0.15, 0.2) is 12.6 Å². The number of likely N-dealkylation sites (N-methyl/N-ethyl adjacent to an activating group) is 1. The van der Waals surface area contributed by atoms with Gasteiger partial charge in [0.05, 0.1) is 0 Å². The SMILES string of the molecule is CNC(=O)C[NH2+][C@H](C(=O)Nc1cc(Cl)cc(Cl)c1)c1ccccc1. The first-order valence-electron chi connectivity index (χ1n) is 7.35. The van der Waals surface area contributed by atoms with Crippen molar-refractivity contribution in [1.29, 1.82) is 0 Å². The van der Waals surface area contributed by atoms with Gasteiger partial charge in [-0.3, -0.25) is 9.59 Å². The third-order valence-electron chi connectivity index (χ3n) is 3.39. The third kappa shape index (κ3) is 5.23. The predicted octanol–water partition coefficient (Wildman–Crippen LogP) is 1.98. The highest BCUT2D eigenvalue weighted by atomic mass is 35.5. The Morgan fingerprint density at radius 2 is 1.71 bits per heavy atom. The summed E-state index contributed by atoms with van der Waals surface area (Å²) < 4.78 is 0. The van der Waals surface area contributed by atoms with Gasteiger partial charge in [0, 0.05) is 28.3 Å². The molecule has 0 aromatic heterocycles. The lowest BCUT2D eigenvalue weighted by Gasteiger charge is -2.16. The van der Waals surface area contributed by atoms with E-state index in [1.54, 1.807) is 30.6 Å². The van der Waals surface area contributed by atoms with Crippen molar-refractivity contribution in [2.45, 2.75) is 6.04 Å². The minimum absolute atomic E-state index is 0.139. The molecule has 5 nitrogen and oxygen atoms in total. The van der Waals surface area contributed by atoms with Gasteiger partial charge in [-0.2, -0.15) is 0 Å². The summed E-state index contributed by atoms with van der Waals surface area (Å²) in [4.78, 5) is 24.2. The van der Waals surface area contributed by atoms with Gasteiger partial charge in [-0.1, -0.05) is 53.5 Å². The van der Waals surface area contributed by atoms with Gasteiger partial charge < -0.3 is 16.0 Å². The van der Waals surface area contributed by atoms with E-state index in [2.05, 4.69) is 10.6 Å². The van der Waals surface area contributed by atoms with Crippen molar-refractivity contribution < 1.29 is 14.9 Å². The van der Waals surface area contributed by atoms with E-state index in [4.69, 9.17) is 23.2 Å². The number of benzene rings is 2. The zero-order chi connectivity index (χ0) is 17.5. The van der Waals surface area contributed by atoms with Crippen LogP contribution < -0.4 is 16.0 Å². The Labute approximate surface area is 150 Å². The van der Waals surface area contributed by atoms with E-state index in [1.807, 2.05) is 30.3 Å². The molecule has 2 aromatic rings. The molecule has 0 heterocycles. The molecule has 7 heteroatoms. The highest BCUT2D eigenvalue weighted by molar-refractivity contribution is 6.35. The second kappa shape index (κ2) is 8.68. The van der Waals surface area contributed by atoms with E-state index < -0.39 is 6.04 Å². The lowest BCUT2D eigenvalue weighted by atomic mass is 10.1. The second-order valence-electron chi connectivity index (χ2n) is 5.15. The molecule has 0 bridgehead atoms. The smallest absolute Gasteiger partial charge is 0.287 e. The molecular weight excluding hydrogens is 349 g/mol. The molecule has 0 spiro atoms. The highest BCUT2D eigenvalue weighted by Gasteiger charge is 2.25. The van der Waals surface area contributed by atoms with Crippen LogP contribution in [0.4, 0.5) is 5.69 Å². The van der Waals surface area contributed by atoms with E-state index in [0.29, 0.717) is 15.7 Å². The molecule has 0 aliphatic heterocycles. The monoisotopic (exact) mass is 366 g/mol. The first-order valence-corrected chi connectivity index (χ1v) is 8.11. The molecule has 0 fully saturated rings. The zero-order valence-electron chi connectivity index (χ0n) is 13.1. The Hall–Kier alpha value is -2.08. The third-order valence-corrected chi connectivity index (χ3v) is 3.83. The van der Waals surface area contributed by atoms with Crippen molar-refractivity contribution in [3.63, 3.8) is 0 Å². The number of hydrogen-bond acceptors (Lipinski definition) is 2. The lowest BCUT2D eigenvalue weighted by Crippen LogP contribution is -2.89. The van der Waals surface area contributed by atoms with Crippen LogP contribution in [0.1, 0.15) is 11.6 Å². The van der Waals surface area contributed by atoms with E-state index in [-0.39, 0.29) is 18.4 Å². The first-order chi connectivity index (χ1) is 11.5. The summed E-state index contributed by atoms with van der Waals surface area (Å²) in [6, 6.07) is 13.5. The number of quaternary nitrogens is 1. The minimum Gasteiger partial charge on any atom is -0.354 e. The number of carbonyl (C=O) groups is 2. The highest BCUT2D eigenvalue weighted by Crippen LogP contribution is 2.23. The van der Waals surface area contributed by atoms with Gasteiger partial charge >= 0.3 is 0 Å². The van der Waals surface area contributed by atoms with Crippen LogP contribution in [-0.2, 0) is 9.59 Å². The largest absolute Gasteiger partial charge is 0.354 e. The van der Waals surface area contributed by atoms with Crippen LogP contribution >= 0.6 is 23.2 Å². The molecule has 0 saturated heterocycles. The predicted molar refractivity (Wildman–Crippen MR) is 95.1 cm³/mol. The number of anilines is 1. The molecule has 2 amide bonds. The first kappa shape index (κ1) is 18.3. The summed E-state index contributed by atoms with van der Waals surface area (Å²) in [5.74, 6) is -0.419. The maximum atomic E-state index is 12.7. The van der Waals surface area contributed by atoms with Crippen molar-refractivity contribution in [1.82, 2.24) is 5.32 Å². The number of amides is 2. The number of carbonyl (C=O) groups excluding carboxylic acids is 2. The molecule has 0 unspecified atom stereocenters. The van der Waals surface area contributed by atoms with Crippen molar-refractivity contribution in [3.8, 4) is 0 Å². The molecule has 1 atom stereocenters. The lowest BCUT2D eigenvalue weighted by molar-refractivity contribution is -0.672. The van der Waals surface area contributed by atoms with Crippen molar-refractivity contribution >= 4 is 40.7 Å². The van der Waals surface area contributed by atoms with Crippen LogP contribution in [0.5, 0.6) is 0 Å². The average Bonchev–Trinajstić information content (AvgIpc) is 2.54. The number of nitrogens with one attached hydrogen (secondary N) is 2. The van der Waals surface area contributed by atoms with Crippen molar-refractivity contribution in [2.75, 3.05) is 18.9 Å². The second-order valence-corrected chi connectivity index (χ2v) is 6.02. The Morgan fingerprint density at radius 1 is 1.08 bits per heavy atom. The quantitative estimate of drug-likeness (QED) is 0.731. The maximum Gasteiger partial charge on any atom is 0.287 e. The van der Waals surface area contributed by atoms with Crippen molar-refractivity contribution in [2.24, 2.45) is 0 Å². The minimum atomic E-state index is -0.568. The number of nitrogens with two attached hydrogens (primary N) is 1. The van der Waals surface area contributed by atoms with E-state index in [1.165, 1.54) is 0 Å². The summed E-state index contributed by atoms with van der Waals surface area (Å²) in [6.45, 7) is 0.139. The topological polar surface area (TPSA) is 74.8 Å². The van der Waals surface area contributed by atoms with Gasteiger partial charge in [-0.25, -0.2) is 0 Å². The van der Waals surface area contributed by atoms with Crippen LogP contribution in [0.15, 0.2) is 48.5 Å². The van der Waals surface area contributed by atoms with Gasteiger partial charge in [-0.15, -0.1) is 0 Å². The summed E-state index contributed by atoms with van der Waals surface area (Å²) in [6.07, 6.45) is 0. The molecular formula is C17H18Cl2N3O2+. The fourth-order valence-electron chi connectivity index (χ4n) is 2.23. The van der Waals surface area contributed by atoms with Crippen LogP contribution in [0.3, 0.4) is 0 Å². The standard InChI is InChI=1S/C17H17Cl2N3O2/c1-20-15(23)10-21-16(11-5-3-2-4-6-11)17(24)22-14-8-12(18)7-13(19)9-14/h2-9,16,21H,10H2,1H3,(H,20,23)(H,22,24)/p+1/t16-/m0/s1. The average molecular weight is 367 g/mol. The van der Waals surface area contributed by atoms with Gasteiger partial charge in [0.25, 0.3) is 11.8 Å². The number of rotatable bonds is 6. The Morgan fingerprint density at radius 3 is 2.29 bits per heavy atom. The maximum absolute atomic E-state index is 12.7. The Kier molecular flexibility index (Phi) is 6.61. The van der Waals surface area contributed by atoms with E-state index in [0.717, 1.165) is 5.56 Å². The van der Waals surface area contributed by atoms with Crippen LogP contribution in [0, 0.1) is 0 Å². The summed E-state index contributed by atoms with van der Waals surface area (Å²) >= 11 is 11.9. The molecule has 126 valence electrons. The molecule has 0 aliphatic carbocycles. The summed E-state index contributed by atoms with van der Waals surface area (Å²) in [5.41, 5.74) is 1.30. The molecule has 0 aliphatic rings. The van der Waals surface area contributed by atoms with Crippen LogP contribution in [0.25, 0.3) is 0 Å². The fourth-order valence-corrected chi connectivity index (χ4v) is 2.75. The Bertz CT molecular complexity index is 703. The molecule has 0 radical (unpaired) electrons. The van der Waals surface area contributed by atoms with Gasteiger partial charge in [0.1, 0.15) is 0 Å². The number of halogens is 2. The van der Waals surface area contributed by atoms with Crippen LogP contribution in [-0.4, -0.2) is 25.4 Å². The molecule has 24 heavy (non-hydrogen) atoms. The van der Waals surface area contributed by atoms with Gasteiger partial charge in [0.2, 0.25) is 0 Å². The number of hydrogen-bond donors (Lipinski definition) is 3. The molecule has 4 N–H and O–H groups in total. The molecule has 0 saturated carbocycles. The van der Waals surface area contributed by atoms with E-state index >= 15 is 0 Å². The van der Waals surface area contributed by atoms with Crippen molar-refractivity contribution in [3.05, 3.63) is 64.1 Å². The Balaban J connectivity index is 2.18. The van der Waals surface area contributed by atoms with E-state index in [9.17, 15) is 9.59 Å². The summed E-state index contributed by atoms with van der Waals surface area (Å²) in [5, 5.41) is 7.88. The molecule has 2 aromatic carbocycles. The molecule has 2 rings (SSSR count). The van der Waals surface area contributed by atoms with Crippen LogP contribution in [0.2, 0.25) is 10.0 Å². The summed E-state index contributed by atoms with van der Waals surface area (Å²) in [7, 11) is 1.56. The zero-order valence-corrected chi connectivity index (χ0v) is 14.6. The van der Waals surface area contributed by atoms with Gasteiger partial charge in [-0.05, 0) is 18.2 Å².